The Morgan fingerprint density at radius 3 is 2.21 bits per heavy atom. The fourth-order valence-corrected chi connectivity index (χ4v) is 4.19. The van der Waals surface area contributed by atoms with Crippen LogP contribution in [0.15, 0.2) is 48.7 Å². The average Bonchev–Trinajstić information content (AvgIpc) is 3.78. The number of benzene rings is 1. The topological polar surface area (TPSA) is 109 Å². The van der Waals surface area contributed by atoms with E-state index in [0.717, 1.165) is 31.2 Å². The van der Waals surface area contributed by atoms with Gasteiger partial charge in [-0.1, -0.05) is 43.3 Å². The molecule has 3 N–H and O–H groups in total. The fraction of sp³-hybridized carbons (Fsp3) is 0.462. The lowest BCUT2D eigenvalue weighted by molar-refractivity contribution is -0.149. The molecule has 34 heavy (non-hydrogen) atoms. The highest BCUT2D eigenvalue weighted by atomic mass is 16.2. The molecule has 3 aliphatic rings. The Hall–Kier alpha value is -3.42. The van der Waals surface area contributed by atoms with Crippen LogP contribution in [0.1, 0.15) is 51.0 Å². The first-order chi connectivity index (χ1) is 16.3. The maximum atomic E-state index is 12.6. The van der Waals surface area contributed by atoms with Crippen molar-refractivity contribution < 1.29 is 14.4 Å². The van der Waals surface area contributed by atoms with Crippen molar-refractivity contribution in [1.29, 1.82) is 0 Å². The first-order valence-electron chi connectivity index (χ1n) is 12.0. The molecule has 0 radical (unpaired) electrons. The van der Waals surface area contributed by atoms with Crippen LogP contribution in [0.2, 0.25) is 0 Å². The largest absolute Gasteiger partial charge is 0.383 e. The fourth-order valence-electron chi connectivity index (χ4n) is 4.19. The van der Waals surface area contributed by atoms with E-state index in [2.05, 4.69) is 10.3 Å². The SMILES string of the molecule is CC1CN(C(=O)C(=O)Nc2cnc(N)c(C3CC3)c2)CCN1C(=O)C1(C)CC1.c1ccccc1. The molecule has 3 amide bonds. The summed E-state index contributed by atoms with van der Waals surface area (Å²) in [6.07, 6.45) is 5.48. The molecule has 1 atom stereocenters. The Labute approximate surface area is 200 Å². The highest BCUT2D eigenvalue weighted by molar-refractivity contribution is 6.39. The maximum Gasteiger partial charge on any atom is 0.313 e. The predicted molar refractivity (Wildman–Crippen MR) is 131 cm³/mol. The molecule has 8 heteroatoms. The van der Waals surface area contributed by atoms with Crippen molar-refractivity contribution in [3.05, 3.63) is 54.2 Å². The number of aromatic nitrogens is 1. The summed E-state index contributed by atoms with van der Waals surface area (Å²) in [6, 6.07) is 13.7. The van der Waals surface area contributed by atoms with E-state index >= 15 is 0 Å². The van der Waals surface area contributed by atoms with Crippen molar-refractivity contribution in [3.8, 4) is 0 Å². The zero-order chi connectivity index (χ0) is 24.3. The van der Waals surface area contributed by atoms with Crippen molar-refractivity contribution >= 4 is 29.2 Å². The summed E-state index contributed by atoms with van der Waals surface area (Å²) in [6.45, 7) is 5.10. The molecule has 1 aromatic carbocycles. The van der Waals surface area contributed by atoms with Gasteiger partial charge in [0.1, 0.15) is 5.82 Å². The molecule has 180 valence electrons. The number of nitrogens with two attached hydrogens (primary N) is 1. The standard InChI is InChI=1S/C20H27N5O3.C6H6/c1-12-11-24(7-8-25(12)19(28)20(2)5-6-20)18(27)17(26)23-14-9-15(13-3-4-13)16(21)22-10-14;1-2-4-6-5-3-1/h9-10,12-13H,3-8,11H2,1-2H3,(H2,21,22)(H,23,26);1-6H. The Kier molecular flexibility index (Phi) is 6.86. The molecule has 5 rings (SSSR count). The number of hydrogen-bond acceptors (Lipinski definition) is 5. The molecule has 2 saturated carbocycles. The van der Waals surface area contributed by atoms with Crippen LogP contribution in [0.3, 0.4) is 0 Å². The highest BCUT2D eigenvalue weighted by Crippen LogP contribution is 2.47. The van der Waals surface area contributed by atoms with Crippen molar-refractivity contribution in [2.24, 2.45) is 5.41 Å². The number of anilines is 2. The summed E-state index contributed by atoms with van der Waals surface area (Å²) < 4.78 is 0. The Balaban J connectivity index is 0.000000398. The molecule has 2 aliphatic carbocycles. The minimum absolute atomic E-state index is 0.102. The number of pyridine rings is 1. The predicted octanol–water partition coefficient (Wildman–Crippen LogP) is 3.03. The van der Waals surface area contributed by atoms with E-state index in [1.165, 1.54) is 11.1 Å². The molecule has 2 heterocycles. The third-order valence-electron chi connectivity index (χ3n) is 6.78. The summed E-state index contributed by atoms with van der Waals surface area (Å²) in [5.74, 6) is -0.224. The van der Waals surface area contributed by atoms with Crippen LogP contribution in [-0.4, -0.2) is 58.2 Å². The van der Waals surface area contributed by atoms with Gasteiger partial charge < -0.3 is 20.9 Å². The minimum Gasteiger partial charge on any atom is -0.383 e. The quantitative estimate of drug-likeness (QED) is 0.680. The van der Waals surface area contributed by atoms with Crippen LogP contribution in [-0.2, 0) is 14.4 Å². The number of carbonyl (C=O) groups excluding carboxylic acids is 3. The number of nitrogen functional groups attached to an aromatic ring is 1. The van der Waals surface area contributed by atoms with Gasteiger partial charge in [-0.2, -0.15) is 0 Å². The molecular formula is C26H33N5O3. The summed E-state index contributed by atoms with van der Waals surface area (Å²) in [7, 11) is 0. The van der Waals surface area contributed by atoms with Crippen LogP contribution in [0, 0.1) is 5.41 Å². The van der Waals surface area contributed by atoms with Gasteiger partial charge in [-0.05, 0) is 50.2 Å². The summed E-state index contributed by atoms with van der Waals surface area (Å²) in [5.41, 5.74) is 7.09. The first-order valence-corrected chi connectivity index (χ1v) is 12.0. The van der Waals surface area contributed by atoms with Crippen LogP contribution >= 0.6 is 0 Å². The van der Waals surface area contributed by atoms with Crippen molar-refractivity contribution in [2.75, 3.05) is 30.7 Å². The lowest BCUT2D eigenvalue weighted by atomic mass is 10.1. The second kappa shape index (κ2) is 9.83. The normalized spacial score (nSPS) is 20.6. The lowest BCUT2D eigenvalue weighted by Gasteiger charge is -2.40. The van der Waals surface area contributed by atoms with Gasteiger partial charge in [0.2, 0.25) is 5.91 Å². The van der Waals surface area contributed by atoms with Crippen LogP contribution in [0.5, 0.6) is 0 Å². The minimum atomic E-state index is -0.686. The third-order valence-corrected chi connectivity index (χ3v) is 6.78. The van der Waals surface area contributed by atoms with E-state index in [9.17, 15) is 14.4 Å². The molecule has 3 fully saturated rings. The third kappa shape index (κ3) is 5.55. The summed E-state index contributed by atoms with van der Waals surface area (Å²) in [5, 5.41) is 2.64. The van der Waals surface area contributed by atoms with E-state index < -0.39 is 11.8 Å². The maximum absolute atomic E-state index is 12.6. The molecule has 1 unspecified atom stereocenters. The zero-order valence-corrected chi connectivity index (χ0v) is 19.9. The van der Waals surface area contributed by atoms with Gasteiger partial charge in [0, 0.05) is 31.1 Å². The zero-order valence-electron chi connectivity index (χ0n) is 19.9. The van der Waals surface area contributed by atoms with Crippen LogP contribution < -0.4 is 11.1 Å². The monoisotopic (exact) mass is 463 g/mol. The van der Waals surface area contributed by atoms with Gasteiger partial charge in [-0.25, -0.2) is 4.98 Å². The number of nitrogens with one attached hydrogen (secondary N) is 1. The number of carbonyl (C=O) groups is 3. The van der Waals surface area contributed by atoms with Crippen molar-refractivity contribution in [1.82, 2.24) is 14.8 Å². The van der Waals surface area contributed by atoms with Crippen molar-refractivity contribution in [2.45, 2.75) is 51.5 Å². The lowest BCUT2D eigenvalue weighted by Crippen LogP contribution is -2.58. The van der Waals surface area contributed by atoms with Gasteiger partial charge in [0.15, 0.2) is 0 Å². The Morgan fingerprint density at radius 1 is 1.06 bits per heavy atom. The summed E-state index contributed by atoms with van der Waals surface area (Å²) >= 11 is 0. The Bertz CT molecular complexity index is 1020. The average molecular weight is 464 g/mol. The van der Waals surface area contributed by atoms with E-state index in [0.29, 0.717) is 37.1 Å². The van der Waals surface area contributed by atoms with Crippen LogP contribution in [0.25, 0.3) is 0 Å². The molecule has 1 saturated heterocycles. The van der Waals surface area contributed by atoms with Crippen LogP contribution in [0.4, 0.5) is 11.5 Å². The smallest absolute Gasteiger partial charge is 0.313 e. The molecule has 2 aromatic rings. The number of amides is 3. The molecule has 0 bridgehead atoms. The number of piperazine rings is 1. The molecular weight excluding hydrogens is 430 g/mol. The first kappa shape index (κ1) is 23.7. The van der Waals surface area contributed by atoms with E-state index in [1.54, 1.807) is 6.07 Å². The van der Waals surface area contributed by atoms with E-state index in [4.69, 9.17) is 5.73 Å². The molecule has 8 nitrogen and oxygen atoms in total. The Morgan fingerprint density at radius 2 is 1.68 bits per heavy atom. The highest BCUT2D eigenvalue weighted by Gasteiger charge is 2.48. The van der Waals surface area contributed by atoms with Gasteiger partial charge >= 0.3 is 11.8 Å². The summed E-state index contributed by atoms with van der Waals surface area (Å²) in [4.78, 5) is 45.1. The van der Waals surface area contributed by atoms with E-state index in [1.807, 2.05) is 55.1 Å². The van der Waals surface area contributed by atoms with Gasteiger partial charge in [0.05, 0.1) is 11.9 Å². The van der Waals surface area contributed by atoms with Gasteiger partial charge in [0.25, 0.3) is 0 Å². The molecule has 1 aliphatic heterocycles. The van der Waals surface area contributed by atoms with Crippen molar-refractivity contribution in [3.63, 3.8) is 0 Å². The number of nitrogens with zero attached hydrogens (tertiary/aromatic N) is 3. The molecule has 0 spiro atoms. The van der Waals surface area contributed by atoms with Gasteiger partial charge in [-0.15, -0.1) is 0 Å². The number of hydrogen-bond donors (Lipinski definition) is 2. The molecule has 1 aromatic heterocycles. The van der Waals surface area contributed by atoms with E-state index in [-0.39, 0.29) is 17.4 Å². The second-order valence-corrected chi connectivity index (χ2v) is 9.74. The second-order valence-electron chi connectivity index (χ2n) is 9.74. The number of rotatable bonds is 3. The van der Waals surface area contributed by atoms with Gasteiger partial charge in [-0.3, -0.25) is 14.4 Å².